The largest absolute Gasteiger partial charge is 0.371 e. The van der Waals surface area contributed by atoms with E-state index in [0.29, 0.717) is 30.8 Å². The van der Waals surface area contributed by atoms with Crippen molar-refractivity contribution in [1.29, 1.82) is 0 Å². The summed E-state index contributed by atoms with van der Waals surface area (Å²) in [6, 6.07) is 10.0. The van der Waals surface area contributed by atoms with E-state index in [0.717, 1.165) is 41.9 Å². The van der Waals surface area contributed by atoms with Gasteiger partial charge in [0.1, 0.15) is 0 Å². The molecule has 1 aliphatic carbocycles. The van der Waals surface area contributed by atoms with E-state index in [9.17, 15) is 9.59 Å². The van der Waals surface area contributed by atoms with Crippen LogP contribution in [0.2, 0.25) is 0 Å². The van der Waals surface area contributed by atoms with Gasteiger partial charge in [0.25, 0.3) is 5.91 Å². The molecule has 2 N–H and O–H groups in total. The lowest BCUT2D eigenvalue weighted by molar-refractivity contribution is -0.116. The average molecular weight is 388 g/mol. The van der Waals surface area contributed by atoms with Gasteiger partial charge in [0.05, 0.1) is 0 Å². The number of carbonyl (C=O) groups is 2. The maximum absolute atomic E-state index is 12.0. The highest BCUT2D eigenvalue weighted by Gasteiger charge is 2.54. The van der Waals surface area contributed by atoms with E-state index in [1.54, 1.807) is 24.5 Å². The number of hydrogen-bond acceptors (Lipinski definition) is 4. The second-order valence-electron chi connectivity index (χ2n) is 8.12. The number of pyridine rings is 1. The van der Waals surface area contributed by atoms with Crippen molar-refractivity contribution in [3.63, 3.8) is 0 Å². The minimum Gasteiger partial charge on any atom is -0.371 e. The maximum atomic E-state index is 12.0. The Morgan fingerprint density at radius 3 is 2.93 bits per heavy atom. The van der Waals surface area contributed by atoms with Crippen LogP contribution in [0, 0.1) is 17.8 Å². The number of piperidine rings is 1. The number of fused-ring (bicyclic) bond motifs is 2. The Morgan fingerprint density at radius 1 is 1.28 bits per heavy atom. The van der Waals surface area contributed by atoms with Gasteiger partial charge >= 0.3 is 0 Å². The Kier molecular flexibility index (Phi) is 4.54. The molecule has 3 atom stereocenters. The van der Waals surface area contributed by atoms with Gasteiger partial charge in [-0.05, 0) is 59.6 Å². The first-order valence-electron chi connectivity index (χ1n) is 10.2. The Bertz CT molecular complexity index is 960. The molecule has 0 spiro atoms. The zero-order chi connectivity index (χ0) is 19.8. The van der Waals surface area contributed by atoms with Gasteiger partial charge in [0, 0.05) is 55.9 Å². The molecule has 1 saturated carbocycles. The summed E-state index contributed by atoms with van der Waals surface area (Å²) in [5, 5.41) is 5.86. The Morgan fingerprint density at radius 2 is 2.14 bits per heavy atom. The van der Waals surface area contributed by atoms with Gasteiger partial charge in [-0.3, -0.25) is 14.6 Å². The van der Waals surface area contributed by atoms with Crippen LogP contribution in [0.3, 0.4) is 0 Å². The monoisotopic (exact) mass is 388 g/mol. The first-order valence-corrected chi connectivity index (χ1v) is 10.2. The molecule has 2 aromatic rings. The number of anilines is 1. The topological polar surface area (TPSA) is 74.3 Å². The number of carbonyl (C=O) groups excluding carboxylic acids is 2. The van der Waals surface area contributed by atoms with Gasteiger partial charge in [-0.2, -0.15) is 0 Å². The van der Waals surface area contributed by atoms with E-state index < -0.39 is 0 Å². The summed E-state index contributed by atoms with van der Waals surface area (Å²) in [6.45, 7) is 3.45. The van der Waals surface area contributed by atoms with Gasteiger partial charge in [0.2, 0.25) is 5.91 Å². The molecular formula is C23H24N4O2. The van der Waals surface area contributed by atoms with Crippen molar-refractivity contribution in [2.24, 2.45) is 17.8 Å². The number of nitrogens with zero attached hydrogens (tertiary/aromatic N) is 2. The average Bonchev–Trinajstić information content (AvgIpc) is 3.07. The van der Waals surface area contributed by atoms with Crippen LogP contribution in [0.25, 0.3) is 6.08 Å². The standard InChI is InChI=1S/C23H24N4O2/c28-22(6-3-15-2-1-8-24-11-15)25-9-7-18-20-13-27(14-21(18)20)17-5-4-16-12-26-23(29)19(16)10-17/h1-6,8,10-11,18,20-21H,7,9,12-14H2,(H,25,28)(H,26,29)/b6-3+/t18-,20-,21+. The fourth-order valence-electron chi connectivity index (χ4n) is 4.75. The van der Waals surface area contributed by atoms with Gasteiger partial charge < -0.3 is 15.5 Å². The van der Waals surface area contributed by atoms with Gasteiger partial charge in [-0.15, -0.1) is 0 Å². The molecule has 148 valence electrons. The molecule has 6 heteroatoms. The summed E-state index contributed by atoms with van der Waals surface area (Å²) in [7, 11) is 0. The van der Waals surface area contributed by atoms with Crippen molar-refractivity contribution >= 4 is 23.6 Å². The minimum absolute atomic E-state index is 0.0393. The molecule has 5 rings (SSSR count). The van der Waals surface area contributed by atoms with E-state index in [1.165, 1.54) is 0 Å². The zero-order valence-corrected chi connectivity index (χ0v) is 16.2. The van der Waals surface area contributed by atoms with Crippen molar-refractivity contribution < 1.29 is 9.59 Å². The SMILES string of the molecule is O=C(/C=C/c1cccnc1)NCC[C@@H]1[C@H]2CN(c3ccc4c(c3)C(=O)NC4)C[C@@H]12. The van der Waals surface area contributed by atoms with Crippen LogP contribution in [-0.4, -0.2) is 36.4 Å². The minimum atomic E-state index is -0.0577. The van der Waals surface area contributed by atoms with Crippen molar-refractivity contribution in [3.8, 4) is 0 Å². The summed E-state index contributed by atoms with van der Waals surface area (Å²) in [5.41, 5.74) is 3.99. The van der Waals surface area contributed by atoms with Crippen LogP contribution >= 0.6 is 0 Å². The molecular weight excluding hydrogens is 364 g/mol. The van der Waals surface area contributed by atoms with Crippen LogP contribution in [0.5, 0.6) is 0 Å². The van der Waals surface area contributed by atoms with E-state index >= 15 is 0 Å². The quantitative estimate of drug-likeness (QED) is 0.745. The number of nitrogens with one attached hydrogen (secondary N) is 2. The summed E-state index contributed by atoms with van der Waals surface area (Å²) in [6.07, 6.45) is 7.82. The molecule has 29 heavy (non-hydrogen) atoms. The van der Waals surface area contributed by atoms with E-state index in [-0.39, 0.29) is 11.8 Å². The maximum Gasteiger partial charge on any atom is 0.251 e. The molecule has 3 aliphatic rings. The van der Waals surface area contributed by atoms with Crippen LogP contribution < -0.4 is 15.5 Å². The molecule has 2 fully saturated rings. The highest BCUT2D eigenvalue weighted by Crippen LogP contribution is 2.54. The van der Waals surface area contributed by atoms with Gasteiger partial charge in [-0.1, -0.05) is 12.1 Å². The molecule has 6 nitrogen and oxygen atoms in total. The first-order chi connectivity index (χ1) is 14.2. The van der Waals surface area contributed by atoms with Crippen LogP contribution in [0.4, 0.5) is 5.69 Å². The number of aromatic nitrogens is 1. The van der Waals surface area contributed by atoms with Crippen molar-refractivity contribution in [1.82, 2.24) is 15.6 Å². The molecule has 1 aromatic heterocycles. The molecule has 3 heterocycles. The summed E-state index contributed by atoms with van der Waals surface area (Å²) < 4.78 is 0. The van der Waals surface area contributed by atoms with Crippen LogP contribution in [0.15, 0.2) is 48.8 Å². The van der Waals surface area contributed by atoms with Gasteiger partial charge in [-0.25, -0.2) is 0 Å². The van der Waals surface area contributed by atoms with Crippen LogP contribution in [0.1, 0.15) is 27.9 Å². The Labute approximate surface area is 170 Å². The zero-order valence-electron chi connectivity index (χ0n) is 16.2. The fourth-order valence-corrected chi connectivity index (χ4v) is 4.75. The molecule has 0 bridgehead atoms. The molecule has 2 aliphatic heterocycles. The second-order valence-corrected chi connectivity index (χ2v) is 8.12. The normalized spacial score (nSPS) is 24.3. The fraction of sp³-hybridized carbons (Fsp3) is 0.348. The highest BCUT2D eigenvalue weighted by atomic mass is 16.2. The molecule has 2 amide bonds. The van der Waals surface area contributed by atoms with Crippen molar-refractivity contribution in [3.05, 3.63) is 65.5 Å². The molecule has 0 unspecified atom stereocenters. The first kappa shape index (κ1) is 17.9. The molecule has 1 aromatic carbocycles. The van der Waals surface area contributed by atoms with E-state index in [4.69, 9.17) is 0 Å². The van der Waals surface area contributed by atoms with Crippen molar-refractivity contribution in [2.75, 3.05) is 24.5 Å². The third kappa shape index (κ3) is 3.62. The van der Waals surface area contributed by atoms with Crippen molar-refractivity contribution in [2.45, 2.75) is 13.0 Å². The van der Waals surface area contributed by atoms with Gasteiger partial charge in [0.15, 0.2) is 0 Å². The Balaban J connectivity index is 1.07. The smallest absolute Gasteiger partial charge is 0.251 e. The lowest BCUT2D eigenvalue weighted by Crippen LogP contribution is -2.26. The van der Waals surface area contributed by atoms with E-state index in [2.05, 4.69) is 32.7 Å². The Hall–Kier alpha value is -3.15. The highest BCUT2D eigenvalue weighted by molar-refractivity contribution is 5.99. The number of amides is 2. The molecule has 1 saturated heterocycles. The van der Waals surface area contributed by atoms with Crippen LogP contribution in [-0.2, 0) is 11.3 Å². The lowest BCUT2D eigenvalue weighted by atomic mass is 10.1. The second kappa shape index (κ2) is 7.35. The predicted molar refractivity (Wildman–Crippen MR) is 111 cm³/mol. The summed E-state index contributed by atoms with van der Waals surface area (Å²) in [5.74, 6) is 2.10. The molecule has 0 radical (unpaired) electrons. The third-order valence-electron chi connectivity index (χ3n) is 6.40. The summed E-state index contributed by atoms with van der Waals surface area (Å²) >= 11 is 0. The van der Waals surface area contributed by atoms with E-state index in [1.807, 2.05) is 18.2 Å². The lowest BCUT2D eigenvalue weighted by Gasteiger charge is -2.22. The predicted octanol–water partition coefficient (Wildman–Crippen LogP) is 2.23. The third-order valence-corrected chi connectivity index (χ3v) is 6.40. The number of hydrogen-bond donors (Lipinski definition) is 2. The number of rotatable bonds is 6. The summed E-state index contributed by atoms with van der Waals surface area (Å²) in [4.78, 5) is 30.3. The number of benzene rings is 1.